The Balaban J connectivity index is 1.85. The summed E-state index contributed by atoms with van der Waals surface area (Å²) in [4.78, 5) is 26.6. The van der Waals surface area contributed by atoms with Crippen molar-refractivity contribution in [3.63, 3.8) is 0 Å². The molecule has 0 aromatic heterocycles. The Hall–Kier alpha value is -3.12. The van der Waals surface area contributed by atoms with E-state index in [4.69, 9.17) is 4.74 Å². The normalized spacial score (nSPS) is 13.1. The summed E-state index contributed by atoms with van der Waals surface area (Å²) < 4.78 is 5.11. The lowest BCUT2D eigenvalue weighted by atomic mass is 10.1. The van der Waals surface area contributed by atoms with Crippen molar-refractivity contribution in [2.75, 3.05) is 27.7 Å². The first-order valence-electron chi connectivity index (χ1n) is 9.52. The zero-order valence-electron chi connectivity index (χ0n) is 17.4. The quantitative estimate of drug-likeness (QED) is 0.641. The number of rotatable bonds is 9. The molecule has 0 saturated carbocycles. The maximum Gasteiger partial charge on any atom is 0.244 e. The third-order valence-corrected chi connectivity index (χ3v) is 4.57. The second-order valence-corrected chi connectivity index (χ2v) is 6.97. The molecule has 0 aliphatic heterocycles. The van der Waals surface area contributed by atoms with Gasteiger partial charge in [0.2, 0.25) is 11.8 Å². The number of benzene rings is 2. The Morgan fingerprint density at radius 3 is 2.31 bits per heavy atom. The van der Waals surface area contributed by atoms with Crippen molar-refractivity contribution < 1.29 is 14.3 Å². The van der Waals surface area contributed by atoms with Crippen LogP contribution in [0.3, 0.4) is 0 Å². The Morgan fingerprint density at radius 2 is 1.72 bits per heavy atom. The molecule has 0 radical (unpaired) electrons. The second kappa shape index (κ2) is 11.0. The number of hydrogen-bond acceptors (Lipinski definition) is 4. The summed E-state index contributed by atoms with van der Waals surface area (Å²) in [6, 6.07) is 16.7. The maximum absolute atomic E-state index is 12.4. The molecule has 29 heavy (non-hydrogen) atoms. The van der Waals surface area contributed by atoms with Gasteiger partial charge in [0.15, 0.2) is 0 Å². The lowest BCUT2D eigenvalue weighted by molar-refractivity contribution is -0.126. The van der Waals surface area contributed by atoms with Gasteiger partial charge in [-0.05, 0) is 50.4 Å². The zero-order valence-corrected chi connectivity index (χ0v) is 17.4. The van der Waals surface area contributed by atoms with Crippen molar-refractivity contribution >= 4 is 17.9 Å². The van der Waals surface area contributed by atoms with E-state index in [9.17, 15) is 9.59 Å². The monoisotopic (exact) mass is 395 g/mol. The molecule has 154 valence electrons. The number of amides is 2. The number of ether oxygens (including phenoxy) is 1. The standard InChI is InChI=1S/C23H29N3O3/c1-17(25-22(27)15-12-18-10-13-20(29-4)14-11-18)23(28)24-16-21(26(2)3)19-8-6-5-7-9-19/h5-15,17,21H,16H2,1-4H3,(H,24,28)(H,25,27)/b15-12+. The van der Waals surface area contributed by atoms with Crippen LogP contribution in [-0.4, -0.2) is 50.5 Å². The number of hydrogen-bond donors (Lipinski definition) is 2. The van der Waals surface area contributed by atoms with Crippen LogP contribution in [0.15, 0.2) is 60.7 Å². The lowest BCUT2D eigenvalue weighted by Crippen LogP contribution is -2.46. The van der Waals surface area contributed by atoms with E-state index in [2.05, 4.69) is 15.5 Å². The van der Waals surface area contributed by atoms with Crippen LogP contribution < -0.4 is 15.4 Å². The number of carbonyl (C=O) groups excluding carboxylic acids is 2. The summed E-state index contributed by atoms with van der Waals surface area (Å²) in [5.74, 6) is 0.207. The van der Waals surface area contributed by atoms with Crippen molar-refractivity contribution in [3.05, 3.63) is 71.8 Å². The summed E-state index contributed by atoms with van der Waals surface area (Å²) in [7, 11) is 5.54. The minimum Gasteiger partial charge on any atom is -0.497 e. The molecule has 2 aromatic rings. The summed E-state index contributed by atoms with van der Waals surface area (Å²) >= 11 is 0. The topological polar surface area (TPSA) is 70.7 Å². The molecule has 0 saturated heterocycles. The van der Waals surface area contributed by atoms with E-state index in [1.54, 1.807) is 20.1 Å². The maximum atomic E-state index is 12.4. The summed E-state index contributed by atoms with van der Waals surface area (Å²) in [5.41, 5.74) is 1.99. The van der Waals surface area contributed by atoms with E-state index < -0.39 is 6.04 Å². The third kappa shape index (κ3) is 7.08. The molecule has 0 aliphatic rings. The van der Waals surface area contributed by atoms with E-state index >= 15 is 0 Å². The largest absolute Gasteiger partial charge is 0.497 e. The van der Waals surface area contributed by atoms with Gasteiger partial charge in [-0.3, -0.25) is 9.59 Å². The Kier molecular flexibility index (Phi) is 8.43. The molecule has 6 heteroatoms. The molecule has 0 bridgehead atoms. The number of nitrogens with one attached hydrogen (secondary N) is 2. The molecule has 2 aromatic carbocycles. The van der Waals surface area contributed by atoms with Gasteiger partial charge >= 0.3 is 0 Å². The average Bonchev–Trinajstić information content (AvgIpc) is 2.73. The molecule has 6 nitrogen and oxygen atoms in total. The highest BCUT2D eigenvalue weighted by Gasteiger charge is 2.18. The molecule has 0 spiro atoms. The van der Waals surface area contributed by atoms with Crippen molar-refractivity contribution in [3.8, 4) is 5.75 Å². The summed E-state index contributed by atoms with van der Waals surface area (Å²) in [5, 5.41) is 5.61. The molecular formula is C23H29N3O3. The van der Waals surface area contributed by atoms with Crippen LogP contribution in [0.2, 0.25) is 0 Å². The number of nitrogens with zero attached hydrogens (tertiary/aromatic N) is 1. The minimum atomic E-state index is -0.637. The molecule has 2 atom stereocenters. The molecule has 2 rings (SSSR count). The van der Waals surface area contributed by atoms with Crippen molar-refractivity contribution in [1.82, 2.24) is 15.5 Å². The average molecular weight is 396 g/mol. The fourth-order valence-corrected chi connectivity index (χ4v) is 2.84. The number of methoxy groups -OCH3 is 1. The molecular weight excluding hydrogens is 366 g/mol. The zero-order chi connectivity index (χ0) is 21.2. The van der Waals surface area contributed by atoms with Gasteiger partial charge in [0.1, 0.15) is 11.8 Å². The van der Waals surface area contributed by atoms with Gasteiger partial charge in [-0.1, -0.05) is 42.5 Å². The predicted molar refractivity (Wildman–Crippen MR) is 116 cm³/mol. The van der Waals surface area contributed by atoms with Crippen molar-refractivity contribution in [1.29, 1.82) is 0 Å². The first-order chi connectivity index (χ1) is 13.9. The minimum absolute atomic E-state index is 0.0537. The van der Waals surface area contributed by atoms with Crippen molar-refractivity contribution in [2.45, 2.75) is 19.0 Å². The Morgan fingerprint density at radius 1 is 1.07 bits per heavy atom. The second-order valence-electron chi connectivity index (χ2n) is 6.97. The molecule has 0 heterocycles. The molecule has 2 N–H and O–H groups in total. The van der Waals surface area contributed by atoms with E-state index in [1.807, 2.05) is 68.7 Å². The molecule has 2 amide bonds. The molecule has 0 aliphatic carbocycles. The van der Waals surface area contributed by atoms with Crippen molar-refractivity contribution in [2.24, 2.45) is 0 Å². The van der Waals surface area contributed by atoms with Gasteiger partial charge in [-0.25, -0.2) is 0 Å². The van der Waals surface area contributed by atoms with Gasteiger partial charge in [0.25, 0.3) is 0 Å². The van der Waals surface area contributed by atoms with Crippen LogP contribution in [-0.2, 0) is 9.59 Å². The Bertz CT molecular complexity index is 817. The first kappa shape index (κ1) is 22.2. The Labute approximate surface area is 172 Å². The lowest BCUT2D eigenvalue weighted by Gasteiger charge is -2.25. The van der Waals surface area contributed by atoms with E-state index in [0.717, 1.165) is 16.9 Å². The fourth-order valence-electron chi connectivity index (χ4n) is 2.84. The van der Waals surface area contributed by atoms with Gasteiger partial charge in [-0.15, -0.1) is 0 Å². The highest BCUT2D eigenvalue weighted by Crippen LogP contribution is 2.16. The SMILES string of the molecule is COc1ccc(/C=C/C(=O)NC(C)C(=O)NCC(c2ccccc2)N(C)C)cc1. The van der Waals surface area contributed by atoms with Crippen LogP contribution in [0.5, 0.6) is 5.75 Å². The van der Waals surface area contributed by atoms with E-state index in [-0.39, 0.29) is 17.9 Å². The first-order valence-corrected chi connectivity index (χ1v) is 9.52. The summed E-state index contributed by atoms with van der Waals surface area (Å²) in [6.45, 7) is 2.12. The highest BCUT2D eigenvalue weighted by atomic mass is 16.5. The van der Waals surface area contributed by atoms with Crippen LogP contribution in [0, 0.1) is 0 Å². The predicted octanol–water partition coefficient (Wildman–Crippen LogP) is 2.63. The fraction of sp³-hybridized carbons (Fsp3) is 0.304. The highest BCUT2D eigenvalue weighted by molar-refractivity contribution is 5.95. The summed E-state index contributed by atoms with van der Waals surface area (Å²) in [6.07, 6.45) is 3.11. The smallest absolute Gasteiger partial charge is 0.244 e. The van der Waals surface area contributed by atoms with Crippen LogP contribution in [0.4, 0.5) is 0 Å². The van der Waals surface area contributed by atoms with Gasteiger partial charge in [0, 0.05) is 12.6 Å². The van der Waals surface area contributed by atoms with Gasteiger partial charge < -0.3 is 20.3 Å². The van der Waals surface area contributed by atoms with Gasteiger partial charge in [0.05, 0.1) is 13.2 Å². The number of likely N-dealkylation sites (N-methyl/N-ethyl adjacent to an activating group) is 1. The van der Waals surface area contributed by atoms with E-state index in [0.29, 0.717) is 6.54 Å². The molecule has 0 fully saturated rings. The van der Waals surface area contributed by atoms with Gasteiger partial charge in [-0.2, -0.15) is 0 Å². The van der Waals surface area contributed by atoms with Crippen LogP contribution >= 0.6 is 0 Å². The molecule has 2 unspecified atom stereocenters. The van der Waals surface area contributed by atoms with Crippen LogP contribution in [0.25, 0.3) is 6.08 Å². The number of carbonyl (C=O) groups is 2. The van der Waals surface area contributed by atoms with Crippen LogP contribution in [0.1, 0.15) is 24.1 Å². The van der Waals surface area contributed by atoms with E-state index in [1.165, 1.54) is 6.08 Å². The third-order valence-electron chi connectivity index (χ3n) is 4.57.